The van der Waals surface area contributed by atoms with Gasteiger partial charge in [-0.2, -0.15) is 0 Å². The van der Waals surface area contributed by atoms with E-state index in [0.29, 0.717) is 5.92 Å². The molecule has 0 aliphatic heterocycles. The summed E-state index contributed by atoms with van der Waals surface area (Å²) >= 11 is 0. The average Bonchev–Trinajstić information content (AvgIpc) is 2.57. The van der Waals surface area contributed by atoms with Crippen molar-refractivity contribution in [2.75, 3.05) is 0 Å². The molecule has 2 aliphatic carbocycles. The van der Waals surface area contributed by atoms with Gasteiger partial charge in [0.1, 0.15) is 0 Å². The van der Waals surface area contributed by atoms with Crippen molar-refractivity contribution >= 4 is 5.91 Å². The van der Waals surface area contributed by atoms with Crippen LogP contribution in [0.3, 0.4) is 0 Å². The predicted molar refractivity (Wildman–Crippen MR) is 56.5 cm³/mol. The van der Waals surface area contributed by atoms with Gasteiger partial charge in [0.25, 0.3) is 0 Å². The minimum Gasteiger partial charge on any atom is -0.366 e. The number of fused-ring (bicyclic) bond motifs is 1. The van der Waals surface area contributed by atoms with Crippen LogP contribution in [0.5, 0.6) is 0 Å². The van der Waals surface area contributed by atoms with Crippen molar-refractivity contribution in [3.05, 3.63) is 12.2 Å². The van der Waals surface area contributed by atoms with Gasteiger partial charge in [0.05, 0.1) is 0 Å². The number of hydrogen-bond acceptors (Lipinski definition) is 1. The molecule has 2 fully saturated rings. The Morgan fingerprint density at radius 1 is 1.14 bits per heavy atom. The van der Waals surface area contributed by atoms with Gasteiger partial charge in [0.15, 0.2) is 0 Å². The Bertz CT molecular complexity index is 233. The zero-order valence-corrected chi connectivity index (χ0v) is 8.61. The zero-order valence-electron chi connectivity index (χ0n) is 8.61. The van der Waals surface area contributed by atoms with Crippen LogP contribution in [0.1, 0.15) is 38.5 Å². The Labute approximate surface area is 85.6 Å². The molecule has 2 nitrogen and oxygen atoms in total. The van der Waals surface area contributed by atoms with Gasteiger partial charge < -0.3 is 5.73 Å². The number of rotatable bonds is 2. The highest BCUT2D eigenvalue weighted by molar-refractivity contribution is 5.85. The standard InChI is InChI=1S/C12H19NO/c13-12(14)6-5-9-7-10-3-1-2-4-11(10)8-9/h5-6,9-11H,1-4,7-8H2,(H2,13,14)/b6-5+. The molecule has 0 bridgehead atoms. The number of amides is 1. The normalized spacial score (nSPS) is 37.3. The van der Waals surface area contributed by atoms with Gasteiger partial charge in [0, 0.05) is 0 Å². The number of carbonyl (C=O) groups excluding carboxylic acids is 1. The van der Waals surface area contributed by atoms with E-state index in [1.54, 1.807) is 6.08 Å². The number of hydrogen-bond donors (Lipinski definition) is 1. The highest BCUT2D eigenvalue weighted by Gasteiger charge is 2.34. The minimum absolute atomic E-state index is 0.306. The molecule has 2 unspecified atom stereocenters. The van der Waals surface area contributed by atoms with E-state index in [9.17, 15) is 4.79 Å². The SMILES string of the molecule is NC(=O)/C=C/C1CC2CCCCC2C1. The maximum absolute atomic E-state index is 10.6. The average molecular weight is 193 g/mol. The molecule has 2 saturated carbocycles. The molecule has 0 aromatic heterocycles. The van der Waals surface area contributed by atoms with Gasteiger partial charge in [-0.3, -0.25) is 4.79 Å². The quantitative estimate of drug-likeness (QED) is 0.671. The maximum atomic E-state index is 10.6. The largest absolute Gasteiger partial charge is 0.366 e. The Morgan fingerprint density at radius 2 is 1.71 bits per heavy atom. The van der Waals surface area contributed by atoms with Crippen LogP contribution >= 0.6 is 0 Å². The molecular weight excluding hydrogens is 174 g/mol. The first-order valence-corrected chi connectivity index (χ1v) is 5.73. The van der Waals surface area contributed by atoms with Gasteiger partial charge in [0.2, 0.25) is 5.91 Å². The van der Waals surface area contributed by atoms with Crippen molar-refractivity contribution in [3.8, 4) is 0 Å². The van der Waals surface area contributed by atoms with Crippen LogP contribution in [0.2, 0.25) is 0 Å². The zero-order chi connectivity index (χ0) is 9.97. The summed E-state index contributed by atoms with van der Waals surface area (Å²) in [7, 11) is 0. The molecule has 0 spiro atoms. The third-order valence-electron chi connectivity index (χ3n) is 3.81. The molecular formula is C12H19NO. The molecule has 14 heavy (non-hydrogen) atoms. The molecule has 2 heteroatoms. The fraction of sp³-hybridized carbons (Fsp3) is 0.750. The summed E-state index contributed by atoms with van der Waals surface area (Å²) in [6, 6.07) is 0. The van der Waals surface area contributed by atoms with Crippen molar-refractivity contribution in [1.29, 1.82) is 0 Å². The minimum atomic E-state index is -0.306. The Balaban J connectivity index is 1.89. The molecule has 0 aromatic rings. The predicted octanol–water partition coefficient (Wildman–Crippen LogP) is 2.24. The van der Waals surface area contributed by atoms with Gasteiger partial charge in [-0.05, 0) is 36.7 Å². The lowest BCUT2D eigenvalue weighted by Crippen LogP contribution is -2.12. The first-order chi connectivity index (χ1) is 6.75. The fourth-order valence-electron chi connectivity index (χ4n) is 3.17. The molecule has 2 rings (SSSR count). The molecule has 2 aliphatic rings. The van der Waals surface area contributed by atoms with E-state index in [2.05, 4.69) is 0 Å². The smallest absolute Gasteiger partial charge is 0.241 e. The fourth-order valence-corrected chi connectivity index (χ4v) is 3.17. The van der Waals surface area contributed by atoms with Crippen LogP contribution < -0.4 is 5.73 Å². The number of primary amides is 1. The van der Waals surface area contributed by atoms with E-state index in [1.165, 1.54) is 38.5 Å². The second-order valence-electron chi connectivity index (χ2n) is 4.80. The van der Waals surface area contributed by atoms with E-state index in [4.69, 9.17) is 5.73 Å². The first kappa shape index (κ1) is 9.75. The van der Waals surface area contributed by atoms with Crippen LogP contribution in [0.25, 0.3) is 0 Å². The lowest BCUT2D eigenvalue weighted by molar-refractivity contribution is -0.113. The summed E-state index contributed by atoms with van der Waals surface area (Å²) in [6.45, 7) is 0. The molecule has 1 amide bonds. The summed E-state index contributed by atoms with van der Waals surface area (Å²) in [5.41, 5.74) is 5.09. The number of nitrogens with two attached hydrogens (primary N) is 1. The Morgan fingerprint density at radius 3 is 2.21 bits per heavy atom. The second kappa shape index (κ2) is 4.16. The third kappa shape index (κ3) is 2.17. The monoisotopic (exact) mass is 193 g/mol. The van der Waals surface area contributed by atoms with Gasteiger partial charge in [-0.15, -0.1) is 0 Å². The first-order valence-electron chi connectivity index (χ1n) is 5.73. The van der Waals surface area contributed by atoms with Crippen molar-refractivity contribution in [2.45, 2.75) is 38.5 Å². The van der Waals surface area contributed by atoms with Crippen LogP contribution in [-0.4, -0.2) is 5.91 Å². The van der Waals surface area contributed by atoms with Crippen LogP contribution in [0.15, 0.2) is 12.2 Å². The lowest BCUT2D eigenvalue weighted by Gasteiger charge is -2.24. The molecule has 0 radical (unpaired) electrons. The van der Waals surface area contributed by atoms with E-state index in [0.717, 1.165) is 11.8 Å². The molecule has 78 valence electrons. The van der Waals surface area contributed by atoms with E-state index < -0.39 is 0 Å². The van der Waals surface area contributed by atoms with Crippen LogP contribution in [0, 0.1) is 17.8 Å². The van der Waals surface area contributed by atoms with E-state index >= 15 is 0 Å². The number of allylic oxidation sites excluding steroid dienone is 1. The summed E-state index contributed by atoms with van der Waals surface area (Å²) in [5, 5.41) is 0. The van der Waals surface area contributed by atoms with Gasteiger partial charge in [-0.1, -0.05) is 31.8 Å². The Kier molecular flexibility index (Phi) is 2.90. The van der Waals surface area contributed by atoms with Crippen LogP contribution in [0.4, 0.5) is 0 Å². The van der Waals surface area contributed by atoms with Crippen molar-refractivity contribution in [1.82, 2.24) is 0 Å². The summed E-state index contributed by atoms with van der Waals surface area (Å²) in [4.78, 5) is 10.6. The second-order valence-corrected chi connectivity index (χ2v) is 4.80. The molecule has 2 N–H and O–H groups in total. The third-order valence-corrected chi connectivity index (χ3v) is 3.81. The summed E-state index contributed by atoms with van der Waals surface area (Å²) in [6.07, 6.45) is 11.8. The lowest BCUT2D eigenvalue weighted by atomic mass is 9.82. The maximum Gasteiger partial charge on any atom is 0.241 e. The van der Waals surface area contributed by atoms with Crippen molar-refractivity contribution in [2.24, 2.45) is 23.5 Å². The molecule has 0 heterocycles. The summed E-state index contributed by atoms with van der Waals surface area (Å²) < 4.78 is 0. The topological polar surface area (TPSA) is 43.1 Å². The van der Waals surface area contributed by atoms with Crippen molar-refractivity contribution < 1.29 is 4.79 Å². The summed E-state index contributed by atoms with van der Waals surface area (Å²) in [5.74, 6) is 2.19. The van der Waals surface area contributed by atoms with Crippen LogP contribution in [-0.2, 0) is 4.79 Å². The van der Waals surface area contributed by atoms with E-state index in [-0.39, 0.29) is 5.91 Å². The molecule has 0 aromatic carbocycles. The molecule has 2 atom stereocenters. The Hall–Kier alpha value is -0.790. The highest BCUT2D eigenvalue weighted by Crippen LogP contribution is 2.45. The molecule has 0 saturated heterocycles. The van der Waals surface area contributed by atoms with Gasteiger partial charge >= 0.3 is 0 Å². The van der Waals surface area contributed by atoms with E-state index in [1.807, 2.05) is 6.08 Å². The van der Waals surface area contributed by atoms with Gasteiger partial charge in [-0.25, -0.2) is 0 Å². The van der Waals surface area contributed by atoms with Crippen molar-refractivity contribution in [3.63, 3.8) is 0 Å². The highest BCUT2D eigenvalue weighted by atomic mass is 16.1. The number of carbonyl (C=O) groups is 1.